The molecule has 0 atom stereocenters. The lowest BCUT2D eigenvalue weighted by Gasteiger charge is -2.21. The molecular weight excluding hydrogens is 338 g/mol. The molecule has 6 nitrogen and oxygen atoms in total. The topological polar surface area (TPSA) is 62.7 Å². The van der Waals surface area contributed by atoms with Crippen LogP contribution in [0.15, 0.2) is 30.3 Å². The molecule has 2 amide bonds. The average molecular weight is 359 g/mol. The van der Waals surface area contributed by atoms with E-state index in [-0.39, 0.29) is 12.0 Å². The van der Waals surface area contributed by atoms with E-state index in [9.17, 15) is 9.59 Å². The Bertz CT molecular complexity index is 760. The van der Waals surface area contributed by atoms with Crippen molar-refractivity contribution in [3.8, 4) is 10.6 Å². The SMILES string of the molecule is COC(=O)N1CCCN(C(=O)c2sc(-c3ccccc3)nc2C)CC1. The van der Waals surface area contributed by atoms with Gasteiger partial charge < -0.3 is 14.5 Å². The van der Waals surface area contributed by atoms with Gasteiger partial charge >= 0.3 is 6.09 Å². The highest BCUT2D eigenvalue weighted by molar-refractivity contribution is 7.17. The van der Waals surface area contributed by atoms with Crippen LogP contribution in [-0.2, 0) is 4.74 Å². The zero-order chi connectivity index (χ0) is 17.8. The molecule has 2 heterocycles. The molecule has 0 unspecified atom stereocenters. The molecule has 1 fully saturated rings. The Morgan fingerprint density at radius 3 is 2.48 bits per heavy atom. The summed E-state index contributed by atoms with van der Waals surface area (Å²) < 4.78 is 4.77. The monoisotopic (exact) mass is 359 g/mol. The summed E-state index contributed by atoms with van der Waals surface area (Å²) in [5.74, 6) is -0.0103. The third kappa shape index (κ3) is 3.82. The fraction of sp³-hybridized carbons (Fsp3) is 0.389. The number of methoxy groups -OCH3 is 1. The fourth-order valence-corrected chi connectivity index (χ4v) is 3.91. The van der Waals surface area contributed by atoms with Gasteiger partial charge in [0.25, 0.3) is 5.91 Å². The maximum absolute atomic E-state index is 12.9. The minimum absolute atomic E-state index is 0.0103. The molecule has 0 aliphatic carbocycles. The Balaban J connectivity index is 1.75. The van der Waals surface area contributed by atoms with Crippen molar-refractivity contribution in [2.45, 2.75) is 13.3 Å². The molecule has 1 saturated heterocycles. The van der Waals surface area contributed by atoms with Crippen molar-refractivity contribution in [2.75, 3.05) is 33.3 Å². The van der Waals surface area contributed by atoms with Crippen LogP contribution in [-0.4, -0.2) is 60.1 Å². The number of carbonyl (C=O) groups is 2. The van der Waals surface area contributed by atoms with Crippen LogP contribution in [0.1, 0.15) is 21.8 Å². The van der Waals surface area contributed by atoms with Crippen LogP contribution < -0.4 is 0 Å². The highest BCUT2D eigenvalue weighted by atomic mass is 32.1. The van der Waals surface area contributed by atoms with Gasteiger partial charge in [0, 0.05) is 31.7 Å². The lowest BCUT2D eigenvalue weighted by atomic mass is 10.2. The Labute approximate surface area is 151 Å². The summed E-state index contributed by atoms with van der Waals surface area (Å²) >= 11 is 1.43. The van der Waals surface area contributed by atoms with E-state index in [4.69, 9.17) is 4.74 Å². The number of carbonyl (C=O) groups excluding carboxylic acids is 2. The summed E-state index contributed by atoms with van der Waals surface area (Å²) in [6, 6.07) is 9.87. The second-order valence-electron chi connectivity index (χ2n) is 5.90. The Morgan fingerprint density at radius 1 is 1.08 bits per heavy atom. The van der Waals surface area contributed by atoms with Gasteiger partial charge in [-0.05, 0) is 13.3 Å². The zero-order valence-corrected chi connectivity index (χ0v) is 15.2. The number of hydrogen-bond donors (Lipinski definition) is 0. The lowest BCUT2D eigenvalue weighted by molar-refractivity contribution is 0.0761. The third-order valence-corrected chi connectivity index (χ3v) is 5.42. The van der Waals surface area contributed by atoms with Crippen LogP contribution in [0.5, 0.6) is 0 Å². The Hall–Kier alpha value is -2.41. The van der Waals surface area contributed by atoms with E-state index in [0.717, 1.165) is 22.7 Å². The van der Waals surface area contributed by atoms with E-state index in [1.165, 1.54) is 18.4 Å². The molecule has 25 heavy (non-hydrogen) atoms. The number of nitrogens with zero attached hydrogens (tertiary/aromatic N) is 3. The first-order valence-electron chi connectivity index (χ1n) is 8.25. The first-order valence-corrected chi connectivity index (χ1v) is 9.07. The van der Waals surface area contributed by atoms with Gasteiger partial charge in [0.2, 0.25) is 0 Å². The quantitative estimate of drug-likeness (QED) is 0.827. The summed E-state index contributed by atoms with van der Waals surface area (Å²) in [5, 5.41) is 0.854. The van der Waals surface area contributed by atoms with E-state index in [1.807, 2.05) is 37.3 Å². The van der Waals surface area contributed by atoms with Crippen molar-refractivity contribution in [1.82, 2.24) is 14.8 Å². The predicted octanol–water partition coefficient (Wildman–Crippen LogP) is 3.03. The van der Waals surface area contributed by atoms with Crippen molar-refractivity contribution in [3.63, 3.8) is 0 Å². The van der Waals surface area contributed by atoms with E-state index >= 15 is 0 Å². The van der Waals surface area contributed by atoms with Crippen LogP contribution >= 0.6 is 11.3 Å². The number of rotatable bonds is 2. The summed E-state index contributed by atoms with van der Waals surface area (Å²) in [6.45, 7) is 4.10. The van der Waals surface area contributed by atoms with Gasteiger partial charge in [-0.1, -0.05) is 30.3 Å². The molecule has 0 bridgehead atoms. The van der Waals surface area contributed by atoms with Crippen LogP contribution in [0, 0.1) is 6.92 Å². The van der Waals surface area contributed by atoms with Crippen molar-refractivity contribution in [3.05, 3.63) is 40.9 Å². The van der Waals surface area contributed by atoms with Crippen LogP contribution in [0.4, 0.5) is 4.79 Å². The van der Waals surface area contributed by atoms with E-state index in [2.05, 4.69) is 4.98 Å². The molecule has 7 heteroatoms. The summed E-state index contributed by atoms with van der Waals surface area (Å²) in [7, 11) is 1.38. The molecule has 2 aromatic rings. The van der Waals surface area contributed by atoms with Gasteiger partial charge in [0.05, 0.1) is 12.8 Å². The molecule has 3 rings (SSSR count). The van der Waals surface area contributed by atoms with E-state index in [1.54, 1.807) is 9.80 Å². The maximum Gasteiger partial charge on any atom is 0.409 e. The third-order valence-electron chi connectivity index (χ3n) is 4.23. The molecule has 1 aliphatic heterocycles. The summed E-state index contributed by atoms with van der Waals surface area (Å²) in [4.78, 5) is 33.3. The molecule has 0 N–H and O–H groups in total. The molecule has 1 aromatic heterocycles. The first kappa shape index (κ1) is 17.4. The van der Waals surface area contributed by atoms with Gasteiger partial charge in [-0.2, -0.15) is 0 Å². The average Bonchev–Trinajstić information content (AvgIpc) is 2.87. The maximum atomic E-state index is 12.9. The van der Waals surface area contributed by atoms with Gasteiger partial charge in [-0.15, -0.1) is 11.3 Å². The van der Waals surface area contributed by atoms with Crippen LogP contribution in [0.25, 0.3) is 10.6 Å². The second kappa shape index (κ2) is 7.65. The largest absolute Gasteiger partial charge is 0.453 e. The molecule has 132 valence electrons. The summed E-state index contributed by atoms with van der Waals surface area (Å²) in [5.41, 5.74) is 1.77. The van der Waals surface area contributed by atoms with Gasteiger partial charge in [-0.3, -0.25) is 4.79 Å². The normalized spacial score (nSPS) is 15.0. The van der Waals surface area contributed by atoms with Gasteiger partial charge in [0.1, 0.15) is 9.88 Å². The van der Waals surface area contributed by atoms with Crippen molar-refractivity contribution < 1.29 is 14.3 Å². The number of thiazole rings is 1. The first-order chi connectivity index (χ1) is 12.1. The molecule has 1 aliphatic rings. The highest BCUT2D eigenvalue weighted by Gasteiger charge is 2.26. The molecular formula is C18H21N3O3S. The molecule has 0 spiro atoms. The number of ether oxygens (including phenoxy) is 1. The van der Waals surface area contributed by atoms with Gasteiger partial charge in [-0.25, -0.2) is 9.78 Å². The minimum atomic E-state index is -0.338. The number of hydrogen-bond acceptors (Lipinski definition) is 5. The molecule has 1 aromatic carbocycles. The molecule has 0 radical (unpaired) electrons. The standard InChI is InChI=1S/C18H21N3O3S/c1-13-15(25-16(19-13)14-7-4-3-5-8-14)17(22)20-9-6-10-21(12-11-20)18(23)24-2/h3-5,7-8H,6,9-12H2,1-2H3. The minimum Gasteiger partial charge on any atom is -0.453 e. The predicted molar refractivity (Wildman–Crippen MR) is 96.8 cm³/mol. The zero-order valence-electron chi connectivity index (χ0n) is 14.4. The van der Waals surface area contributed by atoms with Crippen molar-refractivity contribution >= 4 is 23.3 Å². The molecule has 0 saturated carbocycles. The van der Waals surface area contributed by atoms with Crippen molar-refractivity contribution in [2.24, 2.45) is 0 Å². The van der Waals surface area contributed by atoms with Crippen molar-refractivity contribution in [1.29, 1.82) is 0 Å². The van der Waals surface area contributed by atoms with E-state index in [0.29, 0.717) is 31.1 Å². The van der Waals surface area contributed by atoms with Gasteiger partial charge in [0.15, 0.2) is 0 Å². The van der Waals surface area contributed by atoms with Crippen LogP contribution in [0.2, 0.25) is 0 Å². The Kier molecular flexibility index (Phi) is 5.33. The van der Waals surface area contributed by atoms with E-state index < -0.39 is 0 Å². The van der Waals surface area contributed by atoms with Crippen LogP contribution in [0.3, 0.4) is 0 Å². The lowest BCUT2D eigenvalue weighted by Crippen LogP contribution is -2.37. The smallest absolute Gasteiger partial charge is 0.409 e. The second-order valence-corrected chi connectivity index (χ2v) is 6.90. The summed E-state index contributed by atoms with van der Waals surface area (Å²) in [6.07, 6.45) is 0.402. The number of aryl methyl sites for hydroxylation is 1. The highest BCUT2D eigenvalue weighted by Crippen LogP contribution is 2.28. The number of aromatic nitrogens is 1. The number of amides is 2. The number of benzene rings is 1. The Morgan fingerprint density at radius 2 is 1.76 bits per heavy atom. The fourth-order valence-electron chi connectivity index (χ4n) is 2.87.